The van der Waals surface area contributed by atoms with Crippen LogP contribution in [0.1, 0.15) is 17.5 Å². The first-order chi connectivity index (χ1) is 10.7. The molecule has 0 radical (unpaired) electrons. The molecule has 2 aliphatic rings. The zero-order valence-electron chi connectivity index (χ0n) is 12.2. The molecule has 1 aliphatic carbocycles. The summed E-state index contributed by atoms with van der Waals surface area (Å²) in [7, 11) is 0. The Morgan fingerprint density at radius 2 is 1.82 bits per heavy atom. The van der Waals surface area contributed by atoms with Crippen LogP contribution in [0.25, 0.3) is 11.0 Å². The third-order valence-corrected chi connectivity index (χ3v) is 4.88. The highest BCUT2D eigenvalue weighted by atomic mass is 16.6. The summed E-state index contributed by atoms with van der Waals surface area (Å²) in [5.74, 6) is 0. The number of aromatic nitrogens is 2. The summed E-state index contributed by atoms with van der Waals surface area (Å²) in [6.07, 6.45) is 2.32. The Hall–Kier alpha value is -2.15. The average molecular weight is 302 g/mol. The molecule has 0 spiro atoms. The average Bonchev–Trinajstić information content (AvgIpc) is 2.99. The van der Waals surface area contributed by atoms with Crippen molar-refractivity contribution in [3.63, 3.8) is 0 Å². The molecule has 1 unspecified atom stereocenters. The van der Waals surface area contributed by atoms with Crippen molar-refractivity contribution in [2.75, 3.05) is 26.2 Å². The van der Waals surface area contributed by atoms with Gasteiger partial charge in [0.1, 0.15) is 11.0 Å². The molecule has 2 heterocycles. The number of fused-ring (bicyclic) bond motifs is 2. The molecular formula is C15H18N4O3. The van der Waals surface area contributed by atoms with Crippen molar-refractivity contribution in [3.05, 3.63) is 23.3 Å². The van der Waals surface area contributed by atoms with Crippen LogP contribution in [0.2, 0.25) is 0 Å². The van der Waals surface area contributed by atoms with Crippen LogP contribution in [0.5, 0.6) is 0 Å². The standard InChI is InChI=1S/C15H18N4O3/c20-15(21)19-5-3-18(4-6-19)12-2-1-10-8-13-14(17-22-16-13)9-11(10)7-12/h8-9,12H,1-7H2,(H,20,21). The maximum atomic E-state index is 11.0. The molecule has 1 aromatic carbocycles. The van der Waals surface area contributed by atoms with E-state index in [0.29, 0.717) is 19.1 Å². The van der Waals surface area contributed by atoms with Gasteiger partial charge in [0.15, 0.2) is 0 Å². The molecule has 2 aromatic rings. The van der Waals surface area contributed by atoms with Crippen molar-refractivity contribution in [1.29, 1.82) is 0 Å². The number of aryl methyl sites for hydroxylation is 1. The van der Waals surface area contributed by atoms with E-state index < -0.39 is 6.09 Å². The SMILES string of the molecule is O=C(O)N1CCN(C2CCc3cc4nonc4cc3C2)CC1. The summed E-state index contributed by atoms with van der Waals surface area (Å²) in [6.45, 7) is 2.84. The minimum atomic E-state index is -0.811. The number of amides is 1. The minimum absolute atomic E-state index is 0.487. The van der Waals surface area contributed by atoms with E-state index in [0.717, 1.165) is 43.4 Å². The second-order valence-electron chi connectivity index (χ2n) is 6.08. The minimum Gasteiger partial charge on any atom is -0.465 e. The first-order valence-electron chi connectivity index (χ1n) is 7.67. The molecule has 1 N–H and O–H groups in total. The number of nitrogens with zero attached hydrogens (tertiary/aromatic N) is 4. The van der Waals surface area contributed by atoms with E-state index in [1.54, 1.807) is 0 Å². The quantitative estimate of drug-likeness (QED) is 0.857. The monoisotopic (exact) mass is 302 g/mol. The molecule has 1 aliphatic heterocycles. The van der Waals surface area contributed by atoms with E-state index in [9.17, 15) is 4.79 Å². The van der Waals surface area contributed by atoms with Gasteiger partial charge in [0.2, 0.25) is 0 Å². The van der Waals surface area contributed by atoms with Crippen molar-refractivity contribution in [2.45, 2.75) is 25.3 Å². The number of rotatable bonds is 1. The number of carbonyl (C=O) groups is 1. The predicted octanol–water partition coefficient (Wildman–Crippen LogP) is 1.38. The fourth-order valence-corrected chi connectivity index (χ4v) is 3.61. The highest BCUT2D eigenvalue weighted by Crippen LogP contribution is 2.28. The van der Waals surface area contributed by atoms with E-state index >= 15 is 0 Å². The molecule has 1 atom stereocenters. The lowest BCUT2D eigenvalue weighted by molar-refractivity contribution is 0.0807. The van der Waals surface area contributed by atoms with E-state index in [2.05, 4.69) is 27.3 Å². The molecule has 1 fully saturated rings. The smallest absolute Gasteiger partial charge is 0.407 e. The number of benzene rings is 1. The molecule has 1 saturated heterocycles. The fraction of sp³-hybridized carbons (Fsp3) is 0.533. The summed E-state index contributed by atoms with van der Waals surface area (Å²) in [5, 5.41) is 16.9. The van der Waals surface area contributed by atoms with Crippen LogP contribution >= 0.6 is 0 Å². The summed E-state index contributed by atoms with van der Waals surface area (Å²) < 4.78 is 4.79. The second kappa shape index (κ2) is 5.24. The largest absolute Gasteiger partial charge is 0.465 e. The van der Waals surface area contributed by atoms with Gasteiger partial charge >= 0.3 is 6.09 Å². The van der Waals surface area contributed by atoms with Gasteiger partial charge in [-0.25, -0.2) is 9.42 Å². The van der Waals surface area contributed by atoms with Crippen molar-refractivity contribution in [1.82, 2.24) is 20.1 Å². The van der Waals surface area contributed by atoms with Gasteiger partial charge in [-0.3, -0.25) is 4.90 Å². The molecule has 0 bridgehead atoms. The summed E-state index contributed by atoms with van der Waals surface area (Å²) in [5.41, 5.74) is 4.30. The van der Waals surface area contributed by atoms with Crippen LogP contribution in [0.15, 0.2) is 16.8 Å². The molecule has 1 aromatic heterocycles. The van der Waals surface area contributed by atoms with Crippen LogP contribution in [0, 0.1) is 0 Å². The van der Waals surface area contributed by atoms with Crippen LogP contribution in [-0.2, 0) is 12.8 Å². The van der Waals surface area contributed by atoms with Gasteiger partial charge in [-0.2, -0.15) is 0 Å². The molecule has 4 rings (SSSR count). The lowest BCUT2D eigenvalue weighted by Crippen LogP contribution is -2.52. The third kappa shape index (κ3) is 2.31. The van der Waals surface area contributed by atoms with Crippen molar-refractivity contribution in [2.24, 2.45) is 0 Å². The van der Waals surface area contributed by atoms with E-state index in [1.165, 1.54) is 16.0 Å². The Labute approximate surface area is 127 Å². The predicted molar refractivity (Wildman–Crippen MR) is 78.8 cm³/mol. The lowest BCUT2D eigenvalue weighted by Gasteiger charge is -2.40. The van der Waals surface area contributed by atoms with E-state index in [-0.39, 0.29) is 0 Å². The number of hydrogen-bond acceptors (Lipinski definition) is 5. The van der Waals surface area contributed by atoms with Crippen molar-refractivity contribution < 1.29 is 14.5 Å². The summed E-state index contributed by atoms with van der Waals surface area (Å²) >= 11 is 0. The van der Waals surface area contributed by atoms with Crippen LogP contribution < -0.4 is 0 Å². The highest BCUT2D eigenvalue weighted by molar-refractivity contribution is 5.75. The molecule has 116 valence electrons. The Kier molecular flexibility index (Phi) is 3.22. The van der Waals surface area contributed by atoms with Crippen LogP contribution in [0.3, 0.4) is 0 Å². The van der Waals surface area contributed by atoms with Gasteiger partial charge < -0.3 is 10.0 Å². The van der Waals surface area contributed by atoms with Crippen LogP contribution in [-0.4, -0.2) is 63.5 Å². The van der Waals surface area contributed by atoms with E-state index in [4.69, 9.17) is 9.74 Å². The maximum absolute atomic E-state index is 11.0. The van der Waals surface area contributed by atoms with E-state index in [1.807, 2.05) is 0 Å². The lowest BCUT2D eigenvalue weighted by atomic mass is 9.87. The topological polar surface area (TPSA) is 82.7 Å². The Morgan fingerprint density at radius 1 is 1.14 bits per heavy atom. The van der Waals surface area contributed by atoms with Gasteiger partial charge in [-0.05, 0) is 52.8 Å². The second-order valence-corrected chi connectivity index (χ2v) is 6.08. The van der Waals surface area contributed by atoms with Gasteiger partial charge in [-0.1, -0.05) is 0 Å². The van der Waals surface area contributed by atoms with Gasteiger partial charge in [0.25, 0.3) is 0 Å². The Morgan fingerprint density at radius 3 is 2.50 bits per heavy atom. The van der Waals surface area contributed by atoms with Gasteiger partial charge in [0.05, 0.1) is 0 Å². The Balaban J connectivity index is 1.49. The third-order valence-electron chi connectivity index (χ3n) is 4.88. The van der Waals surface area contributed by atoms with Crippen molar-refractivity contribution in [3.8, 4) is 0 Å². The molecule has 22 heavy (non-hydrogen) atoms. The maximum Gasteiger partial charge on any atom is 0.407 e. The molecule has 7 heteroatoms. The number of hydrogen-bond donors (Lipinski definition) is 1. The zero-order chi connectivity index (χ0) is 15.1. The first-order valence-corrected chi connectivity index (χ1v) is 7.67. The summed E-state index contributed by atoms with van der Waals surface area (Å²) in [6, 6.07) is 4.65. The number of piperazine rings is 1. The molecule has 7 nitrogen and oxygen atoms in total. The Bertz CT molecular complexity index is 706. The fourth-order valence-electron chi connectivity index (χ4n) is 3.61. The van der Waals surface area contributed by atoms with Gasteiger partial charge in [0, 0.05) is 32.2 Å². The molecular weight excluding hydrogens is 284 g/mol. The molecule has 1 amide bonds. The van der Waals surface area contributed by atoms with Gasteiger partial charge in [-0.15, -0.1) is 0 Å². The number of carboxylic acid groups (broad SMARTS) is 1. The first kappa shape index (κ1) is 13.5. The normalized spacial score (nSPS) is 22.7. The highest BCUT2D eigenvalue weighted by Gasteiger charge is 2.29. The van der Waals surface area contributed by atoms with Crippen LogP contribution in [0.4, 0.5) is 4.79 Å². The summed E-state index contributed by atoms with van der Waals surface area (Å²) in [4.78, 5) is 14.9. The zero-order valence-corrected chi connectivity index (χ0v) is 12.2. The van der Waals surface area contributed by atoms with Crippen molar-refractivity contribution >= 4 is 17.1 Å². The molecule has 0 saturated carbocycles.